The lowest BCUT2D eigenvalue weighted by molar-refractivity contribution is -0.141. The Morgan fingerprint density at radius 3 is 2.33 bits per heavy atom. The summed E-state index contributed by atoms with van der Waals surface area (Å²) in [6.45, 7) is 0. The van der Waals surface area contributed by atoms with Crippen LogP contribution in [-0.4, -0.2) is 22.7 Å². The van der Waals surface area contributed by atoms with E-state index in [1.165, 1.54) is 12.1 Å². The number of thioether (sulfide) groups is 1. The van der Waals surface area contributed by atoms with E-state index in [9.17, 15) is 18.4 Å². The molecule has 1 aromatic rings. The van der Waals surface area contributed by atoms with Crippen LogP contribution in [0.15, 0.2) is 29.2 Å². The number of carbonyl (C=O) groups is 2. The lowest BCUT2D eigenvalue weighted by atomic mass is 10.0. The van der Waals surface area contributed by atoms with Crippen LogP contribution in [0.25, 0.3) is 0 Å². The number of halogens is 2. The first kappa shape index (κ1) is 15.8. The quantitative estimate of drug-likeness (QED) is 0.817. The predicted molar refractivity (Wildman–Crippen MR) is 75.4 cm³/mol. The van der Waals surface area contributed by atoms with Gasteiger partial charge < -0.3 is 10.4 Å². The van der Waals surface area contributed by atoms with Crippen LogP contribution < -0.4 is 5.32 Å². The summed E-state index contributed by atoms with van der Waals surface area (Å²) in [5.74, 6) is -4.31. The summed E-state index contributed by atoms with van der Waals surface area (Å²) in [6, 6.07) is 6.15. The van der Waals surface area contributed by atoms with Gasteiger partial charge in [-0.1, -0.05) is 11.8 Å². The van der Waals surface area contributed by atoms with Crippen molar-refractivity contribution in [1.29, 1.82) is 0 Å². The van der Waals surface area contributed by atoms with Crippen molar-refractivity contribution in [3.63, 3.8) is 0 Å². The van der Waals surface area contributed by atoms with Gasteiger partial charge in [0, 0.05) is 16.5 Å². The minimum absolute atomic E-state index is 0.215. The molecule has 114 valence electrons. The van der Waals surface area contributed by atoms with Crippen LogP contribution in [0.3, 0.4) is 0 Å². The highest BCUT2D eigenvalue weighted by Gasteiger charge is 2.33. The molecule has 2 N–H and O–H groups in total. The van der Waals surface area contributed by atoms with Crippen molar-refractivity contribution in [2.45, 2.75) is 29.9 Å². The van der Waals surface area contributed by atoms with Crippen LogP contribution in [0.4, 0.5) is 14.5 Å². The number of alkyl halides is 2. The Hall–Kier alpha value is -1.63. The molecule has 1 aliphatic carbocycles. The molecule has 0 saturated heterocycles. The van der Waals surface area contributed by atoms with E-state index in [0.29, 0.717) is 41.6 Å². The average Bonchev–Trinajstić information content (AvgIpc) is 2.90. The van der Waals surface area contributed by atoms with Crippen molar-refractivity contribution in [3.8, 4) is 0 Å². The molecule has 0 heterocycles. The molecule has 7 heteroatoms. The lowest BCUT2D eigenvalue weighted by Gasteiger charge is -2.11. The van der Waals surface area contributed by atoms with E-state index in [1.807, 2.05) is 0 Å². The van der Waals surface area contributed by atoms with Crippen molar-refractivity contribution in [3.05, 3.63) is 24.3 Å². The third-order valence-corrected chi connectivity index (χ3v) is 4.22. The van der Waals surface area contributed by atoms with Crippen LogP contribution in [-0.2, 0) is 9.59 Å². The van der Waals surface area contributed by atoms with E-state index in [4.69, 9.17) is 5.11 Å². The van der Waals surface area contributed by atoms with Crippen LogP contribution in [0, 0.1) is 11.8 Å². The number of nitrogens with one attached hydrogen (secondary N) is 1. The van der Waals surface area contributed by atoms with Gasteiger partial charge in [-0.3, -0.25) is 9.59 Å². The predicted octanol–water partition coefficient (Wildman–Crippen LogP) is 3.44. The Morgan fingerprint density at radius 1 is 1.19 bits per heavy atom. The number of hydrogen-bond donors (Lipinski definition) is 2. The number of anilines is 1. The summed E-state index contributed by atoms with van der Waals surface area (Å²) in [4.78, 5) is 23.3. The van der Waals surface area contributed by atoms with E-state index in [0.717, 1.165) is 0 Å². The summed E-state index contributed by atoms with van der Waals surface area (Å²) in [5.41, 5.74) is 0.525. The molecule has 0 bridgehead atoms. The molecular weight excluding hydrogens is 300 g/mol. The molecule has 4 nitrogen and oxygen atoms in total. The zero-order valence-electron chi connectivity index (χ0n) is 11.1. The molecular formula is C14H15F2NO3S. The van der Waals surface area contributed by atoms with Gasteiger partial charge in [0.15, 0.2) is 0 Å². The number of benzene rings is 1. The van der Waals surface area contributed by atoms with Gasteiger partial charge >= 0.3 is 5.97 Å². The Kier molecular flexibility index (Phi) is 5.17. The molecule has 2 atom stereocenters. The molecule has 0 spiro atoms. The first-order valence-corrected chi connectivity index (χ1v) is 7.42. The van der Waals surface area contributed by atoms with Gasteiger partial charge in [-0.15, -0.1) is 0 Å². The normalized spacial score (nSPS) is 21.5. The maximum absolute atomic E-state index is 12.2. The van der Waals surface area contributed by atoms with Crippen LogP contribution >= 0.6 is 11.8 Å². The minimum atomic E-state index is -2.48. The molecule has 1 fully saturated rings. The molecule has 0 aliphatic heterocycles. The van der Waals surface area contributed by atoms with Gasteiger partial charge in [-0.05, 0) is 43.5 Å². The highest BCUT2D eigenvalue weighted by Crippen LogP contribution is 2.32. The number of rotatable bonds is 5. The number of hydrogen-bond acceptors (Lipinski definition) is 3. The van der Waals surface area contributed by atoms with E-state index in [1.54, 1.807) is 12.1 Å². The maximum atomic E-state index is 12.2. The third-order valence-electron chi connectivity index (χ3n) is 3.50. The monoisotopic (exact) mass is 315 g/mol. The Labute approximate surface area is 124 Å². The second kappa shape index (κ2) is 6.89. The summed E-state index contributed by atoms with van der Waals surface area (Å²) >= 11 is 0.444. The summed E-state index contributed by atoms with van der Waals surface area (Å²) < 4.78 is 24.4. The average molecular weight is 315 g/mol. The first-order chi connectivity index (χ1) is 9.95. The van der Waals surface area contributed by atoms with E-state index < -0.39 is 17.6 Å². The van der Waals surface area contributed by atoms with Gasteiger partial charge in [0.05, 0.1) is 5.92 Å². The fourth-order valence-corrected chi connectivity index (χ4v) is 2.91. The van der Waals surface area contributed by atoms with Crippen molar-refractivity contribution < 1.29 is 23.5 Å². The van der Waals surface area contributed by atoms with E-state index >= 15 is 0 Å². The third kappa shape index (κ3) is 4.42. The van der Waals surface area contributed by atoms with E-state index in [-0.39, 0.29) is 11.8 Å². The summed E-state index contributed by atoms with van der Waals surface area (Å²) in [5, 5.41) is 11.6. The topological polar surface area (TPSA) is 66.4 Å². The molecule has 21 heavy (non-hydrogen) atoms. The standard InChI is InChI=1S/C14H15F2NO3S/c15-14(16)21-11-5-3-10(4-6-11)17-12(18)8-1-2-9(7-8)13(19)20/h3-6,8-9,14H,1-2,7H2,(H,17,18)(H,19,20)/t8-,9+/m0/s1. The molecule has 1 aromatic carbocycles. The lowest BCUT2D eigenvalue weighted by Crippen LogP contribution is -2.21. The van der Waals surface area contributed by atoms with Gasteiger partial charge in [-0.2, -0.15) is 8.78 Å². The highest BCUT2D eigenvalue weighted by atomic mass is 32.2. The largest absolute Gasteiger partial charge is 0.481 e. The zero-order valence-corrected chi connectivity index (χ0v) is 11.9. The van der Waals surface area contributed by atoms with Gasteiger partial charge in [0.2, 0.25) is 5.91 Å². The number of aliphatic carboxylic acids is 1. The fraction of sp³-hybridized carbons (Fsp3) is 0.429. The Morgan fingerprint density at radius 2 is 1.81 bits per heavy atom. The summed E-state index contributed by atoms with van der Waals surface area (Å²) in [6.07, 6.45) is 1.42. The summed E-state index contributed by atoms with van der Waals surface area (Å²) in [7, 11) is 0. The SMILES string of the molecule is O=C(O)[C@@H]1CC[C@H](C(=O)Nc2ccc(SC(F)F)cc2)C1. The zero-order chi connectivity index (χ0) is 15.4. The molecule has 2 rings (SSSR count). The fourth-order valence-electron chi connectivity index (χ4n) is 2.41. The van der Waals surface area contributed by atoms with Crippen molar-refractivity contribution in [1.82, 2.24) is 0 Å². The number of carboxylic acids is 1. The highest BCUT2D eigenvalue weighted by molar-refractivity contribution is 7.99. The molecule has 1 amide bonds. The second-order valence-corrected chi connectivity index (χ2v) is 6.00. The van der Waals surface area contributed by atoms with Gasteiger partial charge in [0.25, 0.3) is 5.76 Å². The van der Waals surface area contributed by atoms with Crippen molar-refractivity contribution >= 4 is 29.3 Å². The van der Waals surface area contributed by atoms with Gasteiger partial charge in [-0.25, -0.2) is 0 Å². The van der Waals surface area contributed by atoms with Gasteiger partial charge in [0.1, 0.15) is 0 Å². The second-order valence-electron chi connectivity index (χ2n) is 4.94. The number of carboxylic acid groups (broad SMARTS) is 1. The van der Waals surface area contributed by atoms with Crippen molar-refractivity contribution in [2.24, 2.45) is 11.8 Å². The van der Waals surface area contributed by atoms with Crippen LogP contribution in [0.5, 0.6) is 0 Å². The minimum Gasteiger partial charge on any atom is -0.481 e. The van der Waals surface area contributed by atoms with Crippen LogP contribution in [0.1, 0.15) is 19.3 Å². The molecule has 1 aliphatic rings. The maximum Gasteiger partial charge on any atom is 0.306 e. The molecule has 0 aromatic heterocycles. The first-order valence-electron chi connectivity index (χ1n) is 6.54. The van der Waals surface area contributed by atoms with Crippen LogP contribution in [0.2, 0.25) is 0 Å². The molecule has 1 saturated carbocycles. The molecule has 0 radical (unpaired) electrons. The van der Waals surface area contributed by atoms with E-state index in [2.05, 4.69) is 5.32 Å². The van der Waals surface area contributed by atoms with Crippen molar-refractivity contribution in [2.75, 3.05) is 5.32 Å². The Balaban J connectivity index is 1.89. The number of carbonyl (C=O) groups excluding carboxylic acids is 1. The number of amides is 1. The molecule has 0 unspecified atom stereocenters. The Bertz CT molecular complexity index is 521. The smallest absolute Gasteiger partial charge is 0.306 e.